The normalized spacial score (nSPS) is 17.2. The molecule has 1 aliphatic heterocycles. The van der Waals surface area contributed by atoms with Gasteiger partial charge in [-0.05, 0) is 19.8 Å². The van der Waals surface area contributed by atoms with Crippen LogP contribution in [0.15, 0.2) is 0 Å². The van der Waals surface area contributed by atoms with Gasteiger partial charge in [0.25, 0.3) is 0 Å². The standard InChI is InChI=1S/C12H20N4OS/c1-8(2)10-14-12(18-15-10)13-9(3)11(17)16-6-4-5-7-16/h8-9H,4-7H2,1-3H3,(H,13,14,15). The van der Waals surface area contributed by atoms with Crippen LogP contribution in [0.5, 0.6) is 0 Å². The van der Waals surface area contributed by atoms with Crippen LogP contribution in [0.3, 0.4) is 0 Å². The average Bonchev–Trinajstić information content (AvgIpc) is 2.98. The second kappa shape index (κ2) is 5.65. The van der Waals surface area contributed by atoms with E-state index in [0.717, 1.165) is 36.9 Å². The fourth-order valence-corrected chi connectivity index (χ4v) is 2.78. The summed E-state index contributed by atoms with van der Waals surface area (Å²) in [5, 5.41) is 3.88. The van der Waals surface area contributed by atoms with E-state index in [0.29, 0.717) is 5.92 Å². The van der Waals surface area contributed by atoms with Gasteiger partial charge in [0.1, 0.15) is 11.9 Å². The second-order valence-corrected chi connectivity index (χ2v) is 5.76. The highest BCUT2D eigenvalue weighted by Gasteiger charge is 2.23. The molecule has 1 unspecified atom stereocenters. The number of carbonyl (C=O) groups excluding carboxylic acids is 1. The van der Waals surface area contributed by atoms with Crippen LogP contribution in [0.1, 0.15) is 45.4 Å². The van der Waals surface area contributed by atoms with Crippen LogP contribution in [-0.2, 0) is 4.79 Å². The number of carbonyl (C=O) groups is 1. The largest absolute Gasteiger partial charge is 0.349 e. The topological polar surface area (TPSA) is 58.1 Å². The van der Waals surface area contributed by atoms with Crippen molar-refractivity contribution >= 4 is 22.6 Å². The van der Waals surface area contributed by atoms with Gasteiger partial charge in [0.2, 0.25) is 11.0 Å². The van der Waals surface area contributed by atoms with E-state index in [-0.39, 0.29) is 11.9 Å². The zero-order valence-corrected chi connectivity index (χ0v) is 12.0. The maximum Gasteiger partial charge on any atom is 0.244 e. The Balaban J connectivity index is 1.93. The summed E-state index contributed by atoms with van der Waals surface area (Å²) >= 11 is 1.32. The third-order valence-corrected chi connectivity index (χ3v) is 3.75. The molecule has 0 bridgehead atoms. The van der Waals surface area contributed by atoms with Gasteiger partial charge in [0, 0.05) is 30.5 Å². The van der Waals surface area contributed by atoms with Gasteiger partial charge in [-0.3, -0.25) is 4.79 Å². The van der Waals surface area contributed by atoms with Gasteiger partial charge >= 0.3 is 0 Å². The molecule has 1 N–H and O–H groups in total. The number of amides is 1. The molecule has 1 aromatic rings. The summed E-state index contributed by atoms with van der Waals surface area (Å²) < 4.78 is 4.27. The highest BCUT2D eigenvalue weighted by molar-refractivity contribution is 7.09. The Bertz CT molecular complexity index is 412. The van der Waals surface area contributed by atoms with Crippen molar-refractivity contribution in [2.75, 3.05) is 18.4 Å². The maximum absolute atomic E-state index is 12.1. The van der Waals surface area contributed by atoms with E-state index in [9.17, 15) is 4.79 Å². The molecule has 1 amide bonds. The molecule has 1 atom stereocenters. The van der Waals surface area contributed by atoms with Crippen LogP contribution in [0.2, 0.25) is 0 Å². The van der Waals surface area contributed by atoms with Gasteiger partial charge in [0.15, 0.2) is 0 Å². The Labute approximate surface area is 112 Å². The third-order valence-electron chi connectivity index (χ3n) is 3.09. The Hall–Kier alpha value is -1.17. The quantitative estimate of drug-likeness (QED) is 0.908. The third kappa shape index (κ3) is 2.98. The minimum atomic E-state index is -0.226. The van der Waals surface area contributed by atoms with Crippen molar-refractivity contribution in [1.82, 2.24) is 14.3 Å². The lowest BCUT2D eigenvalue weighted by Crippen LogP contribution is -2.39. The van der Waals surface area contributed by atoms with Gasteiger partial charge < -0.3 is 10.2 Å². The first kappa shape index (κ1) is 13.3. The summed E-state index contributed by atoms with van der Waals surface area (Å²) in [6.07, 6.45) is 2.24. The molecule has 1 aromatic heterocycles. The number of rotatable bonds is 4. The Morgan fingerprint density at radius 2 is 2.00 bits per heavy atom. The minimum absolute atomic E-state index is 0.161. The number of nitrogens with one attached hydrogen (secondary N) is 1. The van der Waals surface area contributed by atoms with Crippen molar-refractivity contribution in [3.8, 4) is 0 Å². The van der Waals surface area contributed by atoms with Gasteiger partial charge in [-0.25, -0.2) is 4.98 Å². The van der Waals surface area contributed by atoms with E-state index in [1.165, 1.54) is 11.5 Å². The van der Waals surface area contributed by atoms with E-state index in [1.807, 2.05) is 11.8 Å². The molecule has 0 spiro atoms. The highest BCUT2D eigenvalue weighted by Crippen LogP contribution is 2.19. The molecule has 0 aromatic carbocycles. The fraction of sp³-hybridized carbons (Fsp3) is 0.750. The van der Waals surface area contributed by atoms with Crippen LogP contribution >= 0.6 is 11.5 Å². The molecule has 2 rings (SSSR count). The van der Waals surface area contributed by atoms with Crippen molar-refractivity contribution in [3.63, 3.8) is 0 Å². The zero-order valence-electron chi connectivity index (χ0n) is 11.1. The van der Waals surface area contributed by atoms with E-state index in [2.05, 4.69) is 28.5 Å². The number of aromatic nitrogens is 2. The monoisotopic (exact) mass is 268 g/mol. The summed E-state index contributed by atoms with van der Waals surface area (Å²) in [6.45, 7) is 7.78. The molecule has 1 fully saturated rings. The second-order valence-electron chi connectivity index (χ2n) is 5.01. The predicted molar refractivity (Wildman–Crippen MR) is 72.9 cm³/mol. The van der Waals surface area contributed by atoms with Crippen molar-refractivity contribution < 1.29 is 4.79 Å². The summed E-state index contributed by atoms with van der Waals surface area (Å²) in [7, 11) is 0. The van der Waals surface area contributed by atoms with Crippen molar-refractivity contribution in [1.29, 1.82) is 0 Å². The first-order valence-corrected chi connectivity index (χ1v) is 7.24. The first-order valence-electron chi connectivity index (χ1n) is 6.47. The SMILES string of the molecule is CC(Nc1nc(C(C)C)ns1)C(=O)N1CCCC1. The van der Waals surface area contributed by atoms with E-state index < -0.39 is 0 Å². The lowest BCUT2D eigenvalue weighted by Gasteiger charge is -2.20. The number of hydrogen-bond donors (Lipinski definition) is 1. The lowest BCUT2D eigenvalue weighted by atomic mass is 10.2. The van der Waals surface area contributed by atoms with Gasteiger partial charge in [-0.15, -0.1) is 0 Å². The molecule has 1 saturated heterocycles. The Kier molecular flexibility index (Phi) is 4.16. The molecule has 6 heteroatoms. The molecule has 18 heavy (non-hydrogen) atoms. The van der Waals surface area contributed by atoms with E-state index >= 15 is 0 Å². The van der Waals surface area contributed by atoms with Gasteiger partial charge in [-0.2, -0.15) is 4.37 Å². The summed E-state index contributed by atoms with van der Waals surface area (Å²) in [6, 6.07) is -0.226. The first-order chi connectivity index (χ1) is 8.58. The van der Waals surface area contributed by atoms with Crippen molar-refractivity contribution in [2.24, 2.45) is 0 Å². The predicted octanol–water partition coefficient (Wildman–Crippen LogP) is 2.08. The molecule has 0 saturated carbocycles. The Morgan fingerprint density at radius 3 is 2.56 bits per heavy atom. The number of anilines is 1. The number of hydrogen-bond acceptors (Lipinski definition) is 5. The molecule has 0 aliphatic carbocycles. The molecular formula is C12H20N4OS. The van der Waals surface area contributed by atoms with Crippen LogP contribution in [0.25, 0.3) is 0 Å². The highest BCUT2D eigenvalue weighted by atomic mass is 32.1. The average molecular weight is 268 g/mol. The summed E-state index contributed by atoms with van der Waals surface area (Å²) in [4.78, 5) is 18.4. The number of nitrogens with zero attached hydrogens (tertiary/aromatic N) is 3. The maximum atomic E-state index is 12.1. The van der Waals surface area contributed by atoms with E-state index in [1.54, 1.807) is 0 Å². The van der Waals surface area contributed by atoms with Crippen LogP contribution in [0.4, 0.5) is 5.13 Å². The smallest absolute Gasteiger partial charge is 0.244 e. The molecule has 0 radical (unpaired) electrons. The number of likely N-dealkylation sites (tertiary alicyclic amines) is 1. The lowest BCUT2D eigenvalue weighted by molar-refractivity contribution is -0.130. The molecule has 5 nitrogen and oxygen atoms in total. The van der Waals surface area contributed by atoms with Gasteiger partial charge in [-0.1, -0.05) is 13.8 Å². The summed E-state index contributed by atoms with van der Waals surface area (Å²) in [5.41, 5.74) is 0. The van der Waals surface area contributed by atoms with Gasteiger partial charge in [0.05, 0.1) is 0 Å². The Morgan fingerprint density at radius 1 is 1.33 bits per heavy atom. The zero-order chi connectivity index (χ0) is 13.1. The molecular weight excluding hydrogens is 248 g/mol. The van der Waals surface area contributed by atoms with Crippen molar-refractivity contribution in [2.45, 2.75) is 45.6 Å². The molecule has 1 aliphatic rings. The fourth-order valence-electron chi connectivity index (χ4n) is 1.99. The summed E-state index contributed by atoms with van der Waals surface area (Å²) in [5.74, 6) is 1.32. The van der Waals surface area contributed by atoms with E-state index in [4.69, 9.17) is 0 Å². The molecule has 100 valence electrons. The van der Waals surface area contributed by atoms with Crippen molar-refractivity contribution in [3.05, 3.63) is 5.82 Å². The van der Waals surface area contributed by atoms with Crippen LogP contribution in [-0.4, -0.2) is 39.3 Å². The van der Waals surface area contributed by atoms with Crippen LogP contribution in [0, 0.1) is 0 Å². The minimum Gasteiger partial charge on any atom is -0.349 e. The van der Waals surface area contributed by atoms with Crippen LogP contribution < -0.4 is 5.32 Å². The molecule has 2 heterocycles.